The van der Waals surface area contributed by atoms with Gasteiger partial charge in [0.05, 0.1) is 26.1 Å². The smallest absolute Gasteiger partial charge is 0.306 e. The Bertz CT molecular complexity index is 502. The largest absolute Gasteiger partial charge is 0.466 e. The van der Waals surface area contributed by atoms with Gasteiger partial charge in [-0.15, -0.1) is 0 Å². The van der Waals surface area contributed by atoms with Crippen molar-refractivity contribution >= 4 is 23.5 Å². The summed E-state index contributed by atoms with van der Waals surface area (Å²) in [6.45, 7) is 2.85. The Balaban J connectivity index is 2.04. The highest BCUT2D eigenvalue weighted by Crippen LogP contribution is 2.15. The topological polar surface area (TPSA) is 52.6 Å². The normalized spacial score (nSPS) is 10.4. The highest BCUT2D eigenvalue weighted by atomic mass is 35.5. The first-order chi connectivity index (χ1) is 11.6. The third-order valence-electron chi connectivity index (χ3n) is 3.64. The first kappa shape index (κ1) is 20.5. The molecular weight excluding hydrogens is 328 g/mol. The van der Waals surface area contributed by atoms with Gasteiger partial charge in [-0.05, 0) is 18.1 Å². The molecule has 0 N–H and O–H groups in total. The molecule has 0 unspecified atom stereocenters. The van der Waals surface area contributed by atoms with E-state index in [2.05, 4.69) is 6.92 Å². The summed E-state index contributed by atoms with van der Waals surface area (Å²) in [6, 6.07) is 7.44. The Kier molecular flexibility index (Phi) is 10.9. The lowest BCUT2D eigenvalue weighted by atomic mass is 10.2. The van der Waals surface area contributed by atoms with E-state index in [0.717, 1.165) is 18.4 Å². The molecule has 0 aromatic heterocycles. The average Bonchev–Trinajstić information content (AvgIpc) is 2.58. The molecule has 0 bridgehead atoms. The molecule has 0 saturated carbocycles. The third kappa shape index (κ3) is 9.56. The van der Waals surface area contributed by atoms with Crippen LogP contribution in [0.3, 0.4) is 0 Å². The summed E-state index contributed by atoms with van der Waals surface area (Å²) in [7, 11) is 0. The van der Waals surface area contributed by atoms with Gasteiger partial charge in [0.1, 0.15) is 0 Å². The summed E-state index contributed by atoms with van der Waals surface area (Å²) in [4.78, 5) is 23.1. The summed E-state index contributed by atoms with van der Waals surface area (Å²) in [5.74, 6) is -0.726. The van der Waals surface area contributed by atoms with Gasteiger partial charge in [0, 0.05) is 11.4 Å². The number of rotatable bonds is 12. The van der Waals surface area contributed by atoms with Crippen LogP contribution >= 0.6 is 11.6 Å². The molecule has 0 atom stereocenters. The molecule has 0 aliphatic carbocycles. The molecule has 1 aromatic carbocycles. The van der Waals surface area contributed by atoms with Crippen LogP contribution in [0.15, 0.2) is 24.3 Å². The molecule has 0 amide bonds. The van der Waals surface area contributed by atoms with Gasteiger partial charge in [-0.2, -0.15) is 0 Å². The van der Waals surface area contributed by atoms with E-state index in [-0.39, 0.29) is 31.4 Å². The minimum absolute atomic E-state index is 0.0528. The Morgan fingerprint density at radius 1 is 0.917 bits per heavy atom. The van der Waals surface area contributed by atoms with Crippen LogP contribution in [0.1, 0.15) is 57.4 Å². The van der Waals surface area contributed by atoms with E-state index < -0.39 is 0 Å². The van der Waals surface area contributed by atoms with Gasteiger partial charge in [0.25, 0.3) is 0 Å². The number of esters is 2. The second-order valence-electron chi connectivity index (χ2n) is 5.70. The van der Waals surface area contributed by atoms with Crippen LogP contribution in [0.2, 0.25) is 5.02 Å². The Morgan fingerprint density at radius 2 is 1.54 bits per heavy atom. The number of hydrogen-bond acceptors (Lipinski definition) is 4. The van der Waals surface area contributed by atoms with E-state index in [1.807, 2.05) is 18.2 Å². The van der Waals surface area contributed by atoms with Crippen molar-refractivity contribution < 1.29 is 19.1 Å². The van der Waals surface area contributed by atoms with Crippen LogP contribution < -0.4 is 0 Å². The summed E-state index contributed by atoms with van der Waals surface area (Å²) in [5, 5.41) is 0.663. The zero-order valence-corrected chi connectivity index (χ0v) is 15.1. The molecule has 5 heteroatoms. The standard InChI is InChI=1S/C19H27ClO4/c1-2-3-4-5-8-14-23-18(21)11-12-19(22)24-15-13-16-9-6-7-10-17(16)20/h6-7,9-10H,2-5,8,11-15H2,1H3. The molecule has 0 fully saturated rings. The lowest BCUT2D eigenvalue weighted by Gasteiger charge is -2.07. The molecule has 4 nitrogen and oxygen atoms in total. The molecule has 24 heavy (non-hydrogen) atoms. The predicted octanol–water partition coefficient (Wildman–Crippen LogP) is 4.72. The minimum Gasteiger partial charge on any atom is -0.466 e. The zero-order valence-electron chi connectivity index (χ0n) is 14.4. The van der Waals surface area contributed by atoms with E-state index in [1.54, 1.807) is 6.07 Å². The molecule has 0 spiro atoms. The molecule has 0 aliphatic heterocycles. The summed E-state index contributed by atoms with van der Waals surface area (Å²) >= 11 is 6.03. The summed E-state index contributed by atoms with van der Waals surface area (Å²) in [5.41, 5.74) is 0.939. The van der Waals surface area contributed by atoms with E-state index >= 15 is 0 Å². The minimum atomic E-state index is -0.387. The summed E-state index contributed by atoms with van der Waals surface area (Å²) < 4.78 is 10.2. The number of unbranched alkanes of at least 4 members (excludes halogenated alkanes) is 4. The van der Waals surface area contributed by atoms with E-state index in [1.165, 1.54) is 19.3 Å². The highest BCUT2D eigenvalue weighted by molar-refractivity contribution is 6.31. The average molecular weight is 355 g/mol. The molecule has 0 aliphatic rings. The van der Waals surface area contributed by atoms with E-state index in [4.69, 9.17) is 21.1 Å². The molecule has 0 heterocycles. The second-order valence-corrected chi connectivity index (χ2v) is 6.10. The van der Waals surface area contributed by atoms with Crippen LogP contribution in [0.5, 0.6) is 0 Å². The Hall–Kier alpha value is -1.55. The Morgan fingerprint density at radius 3 is 2.21 bits per heavy atom. The van der Waals surface area contributed by atoms with Crippen molar-refractivity contribution in [3.8, 4) is 0 Å². The number of carbonyl (C=O) groups is 2. The van der Waals surface area contributed by atoms with E-state index in [9.17, 15) is 9.59 Å². The highest BCUT2D eigenvalue weighted by Gasteiger charge is 2.09. The fourth-order valence-electron chi connectivity index (χ4n) is 2.22. The van der Waals surface area contributed by atoms with Crippen LogP contribution in [-0.2, 0) is 25.5 Å². The van der Waals surface area contributed by atoms with Crippen molar-refractivity contribution in [1.82, 2.24) is 0 Å². The van der Waals surface area contributed by atoms with Crippen LogP contribution in [-0.4, -0.2) is 25.2 Å². The monoisotopic (exact) mass is 354 g/mol. The molecule has 0 saturated heterocycles. The first-order valence-electron chi connectivity index (χ1n) is 8.68. The van der Waals surface area contributed by atoms with Gasteiger partial charge >= 0.3 is 11.9 Å². The summed E-state index contributed by atoms with van der Waals surface area (Å²) in [6.07, 6.45) is 6.22. The third-order valence-corrected chi connectivity index (χ3v) is 4.01. The van der Waals surface area contributed by atoms with Gasteiger partial charge in [-0.1, -0.05) is 62.4 Å². The number of ether oxygens (including phenoxy) is 2. The lowest BCUT2D eigenvalue weighted by Crippen LogP contribution is -2.12. The van der Waals surface area contributed by atoms with Gasteiger partial charge in [-0.3, -0.25) is 9.59 Å². The molecule has 1 rings (SSSR count). The van der Waals surface area contributed by atoms with Crippen LogP contribution in [0, 0.1) is 0 Å². The van der Waals surface area contributed by atoms with E-state index in [0.29, 0.717) is 18.1 Å². The molecule has 1 aromatic rings. The van der Waals surface area contributed by atoms with Crippen molar-refractivity contribution in [2.24, 2.45) is 0 Å². The number of halogens is 1. The van der Waals surface area contributed by atoms with Crippen LogP contribution in [0.4, 0.5) is 0 Å². The predicted molar refractivity (Wildman–Crippen MR) is 95.1 cm³/mol. The molecule has 134 valence electrons. The second kappa shape index (κ2) is 12.8. The quantitative estimate of drug-likeness (QED) is 0.402. The van der Waals surface area contributed by atoms with Crippen molar-refractivity contribution in [3.05, 3.63) is 34.9 Å². The molecule has 0 radical (unpaired) electrons. The van der Waals surface area contributed by atoms with Crippen molar-refractivity contribution in [1.29, 1.82) is 0 Å². The maximum Gasteiger partial charge on any atom is 0.306 e. The fraction of sp³-hybridized carbons (Fsp3) is 0.579. The number of hydrogen-bond donors (Lipinski definition) is 0. The Labute approximate surface area is 149 Å². The van der Waals surface area contributed by atoms with Gasteiger partial charge in [0.15, 0.2) is 0 Å². The molecular formula is C19H27ClO4. The van der Waals surface area contributed by atoms with Gasteiger partial charge in [0.2, 0.25) is 0 Å². The van der Waals surface area contributed by atoms with Crippen molar-refractivity contribution in [2.75, 3.05) is 13.2 Å². The first-order valence-corrected chi connectivity index (χ1v) is 9.06. The van der Waals surface area contributed by atoms with Crippen molar-refractivity contribution in [2.45, 2.75) is 58.3 Å². The SMILES string of the molecule is CCCCCCCOC(=O)CCC(=O)OCCc1ccccc1Cl. The van der Waals surface area contributed by atoms with Crippen molar-refractivity contribution in [3.63, 3.8) is 0 Å². The maximum atomic E-state index is 11.6. The zero-order chi connectivity index (χ0) is 17.6. The fourth-order valence-corrected chi connectivity index (χ4v) is 2.45. The number of benzene rings is 1. The lowest BCUT2D eigenvalue weighted by molar-refractivity contribution is -0.150. The van der Waals surface area contributed by atoms with Crippen LogP contribution in [0.25, 0.3) is 0 Å². The van der Waals surface area contributed by atoms with Gasteiger partial charge in [-0.25, -0.2) is 0 Å². The maximum absolute atomic E-state index is 11.6. The number of carbonyl (C=O) groups excluding carboxylic acids is 2. The van der Waals surface area contributed by atoms with Gasteiger partial charge < -0.3 is 9.47 Å².